The van der Waals surface area contributed by atoms with Gasteiger partial charge in [0.25, 0.3) is 5.91 Å². The van der Waals surface area contributed by atoms with Crippen LogP contribution < -0.4 is 10.1 Å². The highest BCUT2D eigenvalue weighted by molar-refractivity contribution is 6.35. The number of ether oxygens (including phenoxy) is 1. The van der Waals surface area contributed by atoms with Gasteiger partial charge in [-0.25, -0.2) is 0 Å². The normalized spacial score (nSPS) is 14.9. The number of nitrogens with zero attached hydrogens (tertiary/aromatic N) is 1. The standard InChI is InChI=1S/C28H30Cl2N2O3/c1-19(28(34)31-23-10-3-2-4-11-23)32(17-21-14-15-22(29)16-25(21)30)27(33)18-35-26-13-7-9-20-8-5-6-12-24(20)26/h5-9,12-16,19,23H,2-4,10-11,17-18H2,1H3,(H,31,34)/t19-/m0/s1. The van der Waals surface area contributed by atoms with Gasteiger partial charge < -0.3 is 15.0 Å². The number of carbonyl (C=O) groups excluding carboxylic acids is 2. The van der Waals surface area contributed by atoms with E-state index in [4.69, 9.17) is 27.9 Å². The summed E-state index contributed by atoms with van der Waals surface area (Å²) < 4.78 is 5.95. The van der Waals surface area contributed by atoms with Gasteiger partial charge in [-0.2, -0.15) is 0 Å². The Morgan fingerprint density at radius 1 is 1.03 bits per heavy atom. The van der Waals surface area contributed by atoms with Crippen LogP contribution in [0.3, 0.4) is 0 Å². The molecule has 3 aromatic rings. The third kappa shape index (κ3) is 6.47. The zero-order valence-electron chi connectivity index (χ0n) is 19.8. The maximum atomic E-state index is 13.4. The molecule has 5 nitrogen and oxygen atoms in total. The molecule has 0 radical (unpaired) electrons. The summed E-state index contributed by atoms with van der Waals surface area (Å²) in [5, 5.41) is 6.05. The maximum Gasteiger partial charge on any atom is 0.261 e. The molecule has 4 rings (SSSR count). The monoisotopic (exact) mass is 512 g/mol. The Balaban J connectivity index is 1.52. The Labute approximate surface area is 216 Å². The largest absolute Gasteiger partial charge is 0.483 e. The summed E-state index contributed by atoms with van der Waals surface area (Å²) >= 11 is 12.5. The topological polar surface area (TPSA) is 58.6 Å². The molecule has 2 amide bonds. The van der Waals surface area contributed by atoms with Gasteiger partial charge in [0.2, 0.25) is 5.91 Å². The molecule has 1 saturated carbocycles. The second-order valence-corrected chi connectivity index (χ2v) is 9.89. The van der Waals surface area contributed by atoms with Crippen LogP contribution in [0.15, 0.2) is 60.7 Å². The van der Waals surface area contributed by atoms with Crippen molar-refractivity contribution in [2.75, 3.05) is 6.61 Å². The lowest BCUT2D eigenvalue weighted by molar-refractivity contribution is -0.142. The van der Waals surface area contributed by atoms with E-state index in [-0.39, 0.29) is 31.0 Å². The van der Waals surface area contributed by atoms with Gasteiger partial charge in [0, 0.05) is 28.0 Å². The van der Waals surface area contributed by atoms with Crippen molar-refractivity contribution in [2.45, 2.75) is 57.7 Å². The lowest BCUT2D eigenvalue weighted by Gasteiger charge is -2.31. The van der Waals surface area contributed by atoms with E-state index < -0.39 is 6.04 Å². The molecule has 0 bridgehead atoms. The molecule has 0 aliphatic heterocycles. The quantitative estimate of drug-likeness (QED) is 0.380. The molecule has 184 valence electrons. The van der Waals surface area contributed by atoms with Crippen molar-refractivity contribution < 1.29 is 14.3 Å². The summed E-state index contributed by atoms with van der Waals surface area (Å²) in [6.45, 7) is 1.73. The molecule has 35 heavy (non-hydrogen) atoms. The van der Waals surface area contributed by atoms with E-state index in [0.29, 0.717) is 21.4 Å². The Morgan fingerprint density at radius 2 is 1.77 bits per heavy atom. The highest BCUT2D eigenvalue weighted by Gasteiger charge is 2.29. The molecular weight excluding hydrogens is 483 g/mol. The molecule has 0 heterocycles. The number of hydrogen-bond acceptors (Lipinski definition) is 3. The Hall–Kier alpha value is -2.76. The van der Waals surface area contributed by atoms with Crippen LogP contribution >= 0.6 is 23.2 Å². The first-order chi connectivity index (χ1) is 16.9. The number of benzene rings is 3. The summed E-state index contributed by atoms with van der Waals surface area (Å²) in [5.74, 6) is 0.163. The molecule has 0 saturated heterocycles. The van der Waals surface area contributed by atoms with Crippen molar-refractivity contribution in [3.63, 3.8) is 0 Å². The van der Waals surface area contributed by atoms with Gasteiger partial charge in [0.1, 0.15) is 11.8 Å². The fourth-order valence-electron chi connectivity index (χ4n) is 4.53. The Kier molecular flexibility index (Phi) is 8.53. The SMILES string of the molecule is C[C@@H](C(=O)NC1CCCCC1)N(Cc1ccc(Cl)cc1Cl)C(=O)COc1cccc2ccccc12. The molecule has 0 aromatic heterocycles. The molecule has 3 aromatic carbocycles. The van der Waals surface area contributed by atoms with E-state index in [2.05, 4.69) is 5.32 Å². The summed E-state index contributed by atoms with van der Waals surface area (Å²) in [7, 11) is 0. The first kappa shape index (κ1) is 25.3. The van der Waals surface area contributed by atoms with Crippen LogP contribution in [0.5, 0.6) is 5.75 Å². The van der Waals surface area contributed by atoms with Crippen LogP contribution in [0.2, 0.25) is 10.0 Å². The molecule has 1 aliphatic rings. The number of halogens is 2. The summed E-state index contributed by atoms with van der Waals surface area (Å²) in [6.07, 6.45) is 5.37. The summed E-state index contributed by atoms with van der Waals surface area (Å²) in [4.78, 5) is 28.1. The lowest BCUT2D eigenvalue weighted by atomic mass is 9.95. The third-order valence-corrected chi connectivity index (χ3v) is 7.16. The number of amides is 2. The third-order valence-electron chi connectivity index (χ3n) is 6.58. The van der Waals surface area contributed by atoms with E-state index in [1.54, 1.807) is 25.1 Å². The number of carbonyl (C=O) groups is 2. The van der Waals surface area contributed by atoms with Gasteiger partial charge >= 0.3 is 0 Å². The van der Waals surface area contributed by atoms with Crippen LogP contribution in [-0.4, -0.2) is 35.4 Å². The second-order valence-electron chi connectivity index (χ2n) is 9.04. The molecule has 0 unspecified atom stereocenters. The molecule has 1 atom stereocenters. The number of nitrogens with one attached hydrogen (secondary N) is 1. The lowest BCUT2D eigenvalue weighted by Crippen LogP contribution is -2.51. The van der Waals surface area contributed by atoms with Gasteiger partial charge in [0.05, 0.1) is 0 Å². The van der Waals surface area contributed by atoms with Crippen LogP contribution in [0, 0.1) is 0 Å². The zero-order chi connectivity index (χ0) is 24.8. The van der Waals surface area contributed by atoms with Crippen LogP contribution in [-0.2, 0) is 16.1 Å². The Bertz CT molecular complexity index is 1190. The van der Waals surface area contributed by atoms with Gasteiger partial charge in [-0.15, -0.1) is 0 Å². The fourth-order valence-corrected chi connectivity index (χ4v) is 5.00. The van der Waals surface area contributed by atoms with Crippen molar-refractivity contribution in [1.29, 1.82) is 0 Å². The number of fused-ring (bicyclic) bond motifs is 1. The summed E-state index contributed by atoms with van der Waals surface area (Å²) in [6, 6.07) is 18.2. The minimum Gasteiger partial charge on any atom is -0.483 e. The molecule has 0 spiro atoms. The smallest absolute Gasteiger partial charge is 0.261 e. The number of rotatable bonds is 8. The highest BCUT2D eigenvalue weighted by Crippen LogP contribution is 2.26. The van der Waals surface area contributed by atoms with Crippen molar-refractivity contribution in [2.24, 2.45) is 0 Å². The zero-order valence-corrected chi connectivity index (χ0v) is 21.3. The molecule has 1 fully saturated rings. The number of hydrogen-bond donors (Lipinski definition) is 1. The van der Waals surface area contributed by atoms with E-state index in [1.807, 2.05) is 42.5 Å². The highest BCUT2D eigenvalue weighted by atomic mass is 35.5. The van der Waals surface area contributed by atoms with Crippen LogP contribution in [0.4, 0.5) is 0 Å². The average molecular weight is 513 g/mol. The average Bonchev–Trinajstić information content (AvgIpc) is 2.87. The molecule has 1 N–H and O–H groups in total. The molecular formula is C28H30Cl2N2O3. The first-order valence-corrected chi connectivity index (χ1v) is 12.8. The fraction of sp³-hybridized carbons (Fsp3) is 0.357. The van der Waals surface area contributed by atoms with Gasteiger partial charge in [0.15, 0.2) is 6.61 Å². The van der Waals surface area contributed by atoms with Gasteiger partial charge in [-0.3, -0.25) is 9.59 Å². The maximum absolute atomic E-state index is 13.4. The molecule has 1 aliphatic carbocycles. The van der Waals surface area contributed by atoms with Crippen LogP contribution in [0.1, 0.15) is 44.6 Å². The van der Waals surface area contributed by atoms with Gasteiger partial charge in [-0.1, -0.05) is 84.9 Å². The molecule has 7 heteroatoms. The Morgan fingerprint density at radius 3 is 2.54 bits per heavy atom. The first-order valence-electron chi connectivity index (χ1n) is 12.1. The minimum absolute atomic E-state index is 0.154. The van der Waals surface area contributed by atoms with E-state index in [1.165, 1.54) is 11.3 Å². The van der Waals surface area contributed by atoms with Crippen molar-refractivity contribution in [3.8, 4) is 5.75 Å². The summed E-state index contributed by atoms with van der Waals surface area (Å²) in [5.41, 5.74) is 0.715. The van der Waals surface area contributed by atoms with Crippen LogP contribution in [0.25, 0.3) is 10.8 Å². The van der Waals surface area contributed by atoms with Crippen molar-refractivity contribution in [3.05, 3.63) is 76.3 Å². The minimum atomic E-state index is -0.688. The van der Waals surface area contributed by atoms with Crippen molar-refractivity contribution in [1.82, 2.24) is 10.2 Å². The van der Waals surface area contributed by atoms with Crippen molar-refractivity contribution >= 4 is 45.8 Å². The predicted molar refractivity (Wildman–Crippen MR) is 141 cm³/mol. The van der Waals surface area contributed by atoms with E-state index in [0.717, 1.165) is 36.5 Å². The second kappa shape index (κ2) is 11.8. The van der Waals surface area contributed by atoms with E-state index in [9.17, 15) is 9.59 Å². The van der Waals surface area contributed by atoms with Gasteiger partial charge in [-0.05, 0) is 48.9 Å². The predicted octanol–water partition coefficient (Wildman–Crippen LogP) is 6.39. The van der Waals surface area contributed by atoms with E-state index >= 15 is 0 Å².